The maximum absolute atomic E-state index is 14.7. The van der Waals surface area contributed by atoms with Crippen LogP contribution < -0.4 is 15.5 Å². The van der Waals surface area contributed by atoms with Crippen LogP contribution >= 0.6 is 0 Å². The van der Waals surface area contributed by atoms with E-state index in [9.17, 15) is 27.2 Å². The SMILES string of the molecule is CNCC1=Cc2ccccc2C1c1c(-c2ccc(F)cc2)oc2cc(CS(=O)(=O)Nc3ccc(B(O)O)cc3F)c(C3CC3)cc12. The first-order valence-corrected chi connectivity index (χ1v) is 16.7. The van der Waals surface area contributed by atoms with E-state index in [1.807, 2.05) is 25.2 Å². The average Bonchev–Trinajstić information content (AvgIpc) is 3.71. The van der Waals surface area contributed by atoms with Gasteiger partial charge in [0.1, 0.15) is 23.0 Å². The van der Waals surface area contributed by atoms with E-state index in [2.05, 4.69) is 28.2 Å². The van der Waals surface area contributed by atoms with Crippen molar-refractivity contribution in [3.05, 3.63) is 124 Å². The largest absolute Gasteiger partial charge is 0.488 e. The molecule has 1 saturated carbocycles. The van der Waals surface area contributed by atoms with Crippen LogP contribution in [-0.4, -0.2) is 39.2 Å². The summed E-state index contributed by atoms with van der Waals surface area (Å²) in [4.78, 5) is 0. The van der Waals surface area contributed by atoms with Gasteiger partial charge in [-0.15, -0.1) is 0 Å². The molecule has 2 aliphatic rings. The summed E-state index contributed by atoms with van der Waals surface area (Å²) in [6.45, 7) is 0.640. The fraction of sp³-hybridized carbons (Fsp3) is 0.200. The molecule has 11 heteroatoms. The van der Waals surface area contributed by atoms with Crippen molar-refractivity contribution in [2.45, 2.75) is 30.4 Å². The molecule has 0 aliphatic heterocycles. The van der Waals surface area contributed by atoms with Crippen molar-refractivity contribution in [1.82, 2.24) is 5.32 Å². The lowest BCUT2D eigenvalue weighted by atomic mass is 9.80. The van der Waals surface area contributed by atoms with Gasteiger partial charge >= 0.3 is 7.12 Å². The first-order chi connectivity index (χ1) is 22.1. The Morgan fingerprint density at radius 3 is 2.41 bits per heavy atom. The fourth-order valence-corrected chi connectivity index (χ4v) is 7.72. The number of furan rings is 1. The molecule has 2 aliphatic carbocycles. The number of sulfonamides is 1. The summed E-state index contributed by atoms with van der Waals surface area (Å²) >= 11 is 0. The number of rotatable bonds is 10. The van der Waals surface area contributed by atoms with Crippen molar-refractivity contribution < 1.29 is 31.7 Å². The summed E-state index contributed by atoms with van der Waals surface area (Å²) in [7, 11) is -4.07. The Kier molecular flexibility index (Phi) is 7.80. The van der Waals surface area contributed by atoms with Gasteiger partial charge in [0.2, 0.25) is 10.0 Å². The molecule has 0 spiro atoms. The second-order valence-corrected chi connectivity index (χ2v) is 13.7. The number of hydrogen-bond donors (Lipinski definition) is 4. The molecule has 1 atom stereocenters. The van der Waals surface area contributed by atoms with Gasteiger partial charge in [-0.25, -0.2) is 17.2 Å². The highest BCUT2D eigenvalue weighted by Crippen LogP contribution is 2.50. The number of hydrogen-bond acceptors (Lipinski definition) is 6. The molecule has 0 saturated heterocycles. The minimum Gasteiger partial charge on any atom is -0.456 e. The van der Waals surface area contributed by atoms with E-state index in [1.165, 1.54) is 18.2 Å². The molecule has 0 bridgehead atoms. The zero-order valence-corrected chi connectivity index (χ0v) is 25.7. The summed E-state index contributed by atoms with van der Waals surface area (Å²) < 4.78 is 64.4. The van der Waals surface area contributed by atoms with E-state index < -0.39 is 28.7 Å². The van der Waals surface area contributed by atoms with E-state index >= 15 is 0 Å². The maximum atomic E-state index is 14.7. The zero-order valence-electron chi connectivity index (χ0n) is 24.9. The van der Waals surface area contributed by atoms with Gasteiger partial charge in [0.05, 0.1) is 11.4 Å². The molecule has 1 unspecified atom stereocenters. The van der Waals surface area contributed by atoms with Crippen molar-refractivity contribution in [2.75, 3.05) is 18.3 Å². The van der Waals surface area contributed by atoms with Gasteiger partial charge in [0.25, 0.3) is 0 Å². The molecule has 1 heterocycles. The third kappa shape index (κ3) is 5.75. The van der Waals surface area contributed by atoms with Crippen LogP contribution in [0.4, 0.5) is 14.5 Å². The highest BCUT2D eigenvalue weighted by atomic mass is 32.2. The van der Waals surface area contributed by atoms with Crippen molar-refractivity contribution in [1.29, 1.82) is 0 Å². The number of halogens is 2. The Morgan fingerprint density at radius 2 is 1.72 bits per heavy atom. The maximum Gasteiger partial charge on any atom is 0.488 e. The first-order valence-electron chi connectivity index (χ1n) is 15.1. The Hall–Kier alpha value is -4.29. The molecule has 0 radical (unpaired) electrons. The first kappa shape index (κ1) is 30.4. The summed E-state index contributed by atoms with van der Waals surface area (Å²) in [6, 6.07) is 21.5. The Bertz CT molecular complexity index is 2110. The molecule has 1 fully saturated rings. The van der Waals surface area contributed by atoms with Crippen molar-refractivity contribution in [2.24, 2.45) is 0 Å². The van der Waals surface area contributed by atoms with Crippen LogP contribution in [0.15, 0.2) is 88.9 Å². The monoisotopic (exact) mass is 640 g/mol. The molecular weight excluding hydrogens is 609 g/mol. The number of benzene rings is 4. The van der Waals surface area contributed by atoms with Crippen LogP contribution in [0, 0.1) is 11.6 Å². The Labute approximate surface area is 265 Å². The van der Waals surface area contributed by atoms with Gasteiger partial charge in [-0.05, 0) is 108 Å². The van der Waals surface area contributed by atoms with Crippen LogP contribution in [0.5, 0.6) is 0 Å². The normalized spacial score (nSPS) is 16.0. The fourth-order valence-electron chi connectivity index (χ4n) is 6.49. The molecule has 7 nitrogen and oxygen atoms in total. The quantitative estimate of drug-likeness (QED) is 0.148. The van der Waals surface area contributed by atoms with Crippen molar-refractivity contribution >= 4 is 45.3 Å². The van der Waals surface area contributed by atoms with Gasteiger partial charge in [-0.1, -0.05) is 36.4 Å². The van der Waals surface area contributed by atoms with E-state index in [0.29, 0.717) is 29.0 Å². The van der Waals surface area contributed by atoms with Gasteiger partial charge in [0.15, 0.2) is 0 Å². The molecule has 5 aromatic rings. The number of likely N-dealkylation sites (N-methyl/N-ethyl adjacent to an activating group) is 1. The number of nitrogens with one attached hydrogen (secondary N) is 2. The zero-order chi connectivity index (χ0) is 32.2. The van der Waals surface area contributed by atoms with E-state index in [-0.39, 0.29) is 28.8 Å². The van der Waals surface area contributed by atoms with E-state index in [1.54, 1.807) is 18.2 Å². The summed E-state index contributed by atoms with van der Waals surface area (Å²) in [6.07, 6.45) is 4.02. The van der Waals surface area contributed by atoms with Gasteiger partial charge in [-0.2, -0.15) is 0 Å². The van der Waals surface area contributed by atoms with E-state index in [4.69, 9.17) is 4.42 Å². The summed E-state index contributed by atoms with van der Waals surface area (Å²) in [5.74, 6) is -1.08. The van der Waals surface area contributed by atoms with Gasteiger partial charge in [-0.3, -0.25) is 4.72 Å². The summed E-state index contributed by atoms with van der Waals surface area (Å²) in [5.41, 5.74) is 6.61. The van der Waals surface area contributed by atoms with Crippen LogP contribution in [-0.2, 0) is 15.8 Å². The molecule has 234 valence electrons. The molecule has 46 heavy (non-hydrogen) atoms. The lowest BCUT2D eigenvalue weighted by Crippen LogP contribution is -2.30. The van der Waals surface area contributed by atoms with E-state index in [0.717, 1.165) is 58.2 Å². The lowest BCUT2D eigenvalue weighted by molar-refractivity contribution is 0.425. The third-order valence-electron chi connectivity index (χ3n) is 8.70. The molecule has 1 aromatic heterocycles. The van der Waals surface area contributed by atoms with Crippen LogP contribution in [0.1, 0.15) is 52.5 Å². The smallest absolute Gasteiger partial charge is 0.456 e. The van der Waals surface area contributed by atoms with Gasteiger partial charge < -0.3 is 19.8 Å². The molecular formula is C35H31BF2N2O5S. The summed E-state index contributed by atoms with van der Waals surface area (Å²) in [5, 5.41) is 22.8. The second-order valence-electron chi connectivity index (χ2n) is 12.0. The second kappa shape index (κ2) is 11.8. The number of anilines is 1. The van der Waals surface area contributed by atoms with Gasteiger partial charge in [0, 0.05) is 29.0 Å². The highest BCUT2D eigenvalue weighted by molar-refractivity contribution is 7.91. The lowest BCUT2D eigenvalue weighted by Gasteiger charge is -2.19. The minimum atomic E-state index is -4.09. The molecule has 0 amide bonds. The minimum absolute atomic E-state index is 0.0925. The topological polar surface area (TPSA) is 112 Å². The molecule has 4 N–H and O–H groups in total. The van der Waals surface area contributed by atoms with Crippen LogP contribution in [0.3, 0.4) is 0 Å². The van der Waals surface area contributed by atoms with Crippen LogP contribution in [0.25, 0.3) is 28.4 Å². The predicted octanol–water partition coefficient (Wildman–Crippen LogP) is 5.63. The van der Waals surface area contributed by atoms with Crippen molar-refractivity contribution in [3.8, 4) is 11.3 Å². The standard InChI is InChI=1S/C35H31BF2N2O5S/c1-39-18-23-14-22-4-2-3-5-27(22)33(23)34-29-17-28(20-6-7-20)24(15-32(29)45-35(34)21-8-11-26(37)12-9-21)19-46(43,44)40-31-13-10-25(36(41)42)16-30(31)38/h2-5,8-17,20,33,39-42H,6-7,18-19H2,1H3. The average molecular weight is 641 g/mol. The van der Waals surface area contributed by atoms with Crippen molar-refractivity contribution in [3.63, 3.8) is 0 Å². The highest BCUT2D eigenvalue weighted by Gasteiger charge is 2.35. The Morgan fingerprint density at radius 1 is 0.957 bits per heavy atom. The third-order valence-corrected chi connectivity index (χ3v) is 9.92. The number of fused-ring (bicyclic) bond motifs is 2. The molecule has 7 rings (SSSR count). The molecule has 4 aromatic carbocycles. The predicted molar refractivity (Wildman–Crippen MR) is 176 cm³/mol. The van der Waals surface area contributed by atoms with Crippen LogP contribution in [0.2, 0.25) is 0 Å². The Balaban J connectivity index is 1.36.